The van der Waals surface area contributed by atoms with Crippen LogP contribution in [0.1, 0.15) is 37.8 Å². The molecule has 0 atom stereocenters. The maximum atomic E-state index is 13.9. The molecule has 3 aromatic rings. The molecule has 1 saturated heterocycles. The molecule has 4 rings (SSSR count). The molecule has 2 aromatic carbocycles. The lowest BCUT2D eigenvalue weighted by molar-refractivity contribution is -0.134. The summed E-state index contributed by atoms with van der Waals surface area (Å²) in [5, 5.41) is 3.18. The van der Waals surface area contributed by atoms with Crippen LogP contribution in [0.15, 0.2) is 73.1 Å². The van der Waals surface area contributed by atoms with Crippen molar-refractivity contribution in [2.75, 3.05) is 13.1 Å². The highest BCUT2D eigenvalue weighted by Crippen LogP contribution is 2.39. The fourth-order valence-corrected chi connectivity index (χ4v) is 4.76. The van der Waals surface area contributed by atoms with Gasteiger partial charge in [0.1, 0.15) is 5.82 Å². The van der Waals surface area contributed by atoms with Crippen molar-refractivity contribution in [3.05, 3.63) is 90.0 Å². The minimum absolute atomic E-state index is 0.0858. The van der Waals surface area contributed by atoms with Crippen LogP contribution in [-0.2, 0) is 17.8 Å². The summed E-state index contributed by atoms with van der Waals surface area (Å²) in [5.74, 6) is -0.130. The third kappa shape index (κ3) is 5.66. The highest BCUT2D eigenvalue weighted by atomic mass is 19.1. The molecule has 0 radical (unpaired) electrons. The zero-order chi connectivity index (χ0) is 23.3. The Morgan fingerprint density at radius 3 is 2.48 bits per heavy atom. The molecule has 0 saturated carbocycles. The van der Waals surface area contributed by atoms with Gasteiger partial charge >= 0.3 is 0 Å². The minimum Gasteiger partial charge on any atom is -0.353 e. The summed E-state index contributed by atoms with van der Waals surface area (Å²) < 4.78 is 13.9. The predicted molar refractivity (Wildman–Crippen MR) is 130 cm³/mol. The second-order valence-corrected chi connectivity index (χ2v) is 9.38. The van der Waals surface area contributed by atoms with Crippen molar-refractivity contribution in [1.82, 2.24) is 15.2 Å². The molecule has 2 heterocycles. The first kappa shape index (κ1) is 23.1. The van der Waals surface area contributed by atoms with Gasteiger partial charge in [-0.15, -0.1) is 0 Å². The molecule has 1 amide bonds. The Bertz CT molecular complexity index is 1080. The van der Waals surface area contributed by atoms with Crippen LogP contribution in [0.4, 0.5) is 4.39 Å². The lowest BCUT2D eigenvalue weighted by atomic mass is 9.71. The molecule has 1 aromatic heterocycles. The molecule has 5 heteroatoms. The van der Waals surface area contributed by atoms with Gasteiger partial charge in [0.25, 0.3) is 0 Å². The van der Waals surface area contributed by atoms with Crippen LogP contribution in [0.25, 0.3) is 11.1 Å². The molecule has 1 aliphatic heterocycles. The SMILES string of the molecule is CC(C)NC(=O)C1(Cc2ccccc2-c2cccc(F)c2)CCN(Cc2ccncc2)CC1. The second kappa shape index (κ2) is 10.3. The Hall–Kier alpha value is -3.05. The molecular weight excluding hydrogens is 413 g/mol. The van der Waals surface area contributed by atoms with Gasteiger partial charge in [-0.3, -0.25) is 14.7 Å². The number of hydrogen-bond acceptors (Lipinski definition) is 3. The van der Waals surface area contributed by atoms with Crippen LogP contribution in [0.5, 0.6) is 0 Å². The fraction of sp³-hybridized carbons (Fsp3) is 0.357. The summed E-state index contributed by atoms with van der Waals surface area (Å²) in [6.07, 6.45) is 5.86. The summed E-state index contributed by atoms with van der Waals surface area (Å²) in [4.78, 5) is 20.0. The van der Waals surface area contributed by atoms with Crippen LogP contribution in [0, 0.1) is 11.2 Å². The molecular formula is C28H32FN3O. The van der Waals surface area contributed by atoms with Gasteiger partial charge < -0.3 is 5.32 Å². The number of carbonyl (C=O) groups is 1. The number of pyridine rings is 1. The number of nitrogens with one attached hydrogen (secondary N) is 1. The van der Waals surface area contributed by atoms with E-state index >= 15 is 0 Å². The van der Waals surface area contributed by atoms with E-state index < -0.39 is 5.41 Å². The van der Waals surface area contributed by atoms with Crippen molar-refractivity contribution in [3.63, 3.8) is 0 Å². The number of piperidine rings is 1. The fourth-order valence-electron chi connectivity index (χ4n) is 4.76. The largest absolute Gasteiger partial charge is 0.353 e. The first-order chi connectivity index (χ1) is 15.9. The predicted octanol–water partition coefficient (Wildman–Crippen LogP) is 5.24. The number of likely N-dealkylation sites (tertiary alicyclic amines) is 1. The topological polar surface area (TPSA) is 45.2 Å². The summed E-state index contributed by atoms with van der Waals surface area (Å²) in [5.41, 5.74) is 3.68. The number of aromatic nitrogens is 1. The van der Waals surface area contributed by atoms with Gasteiger partial charge in [0.05, 0.1) is 5.41 Å². The van der Waals surface area contributed by atoms with E-state index in [1.807, 2.05) is 62.6 Å². The zero-order valence-corrected chi connectivity index (χ0v) is 19.4. The van der Waals surface area contributed by atoms with E-state index in [-0.39, 0.29) is 17.8 Å². The van der Waals surface area contributed by atoms with Crippen molar-refractivity contribution in [2.45, 2.75) is 45.7 Å². The summed E-state index contributed by atoms with van der Waals surface area (Å²) >= 11 is 0. The first-order valence-electron chi connectivity index (χ1n) is 11.7. The minimum atomic E-state index is -0.484. The van der Waals surface area contributed by atoms with Gasteiger partial charge in [-0.1, -0.05) is 36.4 Å². The molecule has 0 bridgehead atoms. The van der Waals surface area contributed by atoms with E-state index in [1.54, 1.807) is 12.1 Å². The average Bonchev–Trinajstić information content (AvgIpc) is 2.81. The normalized spacial score (nSPS) is 16.0. The van der Waals surface area contributed by atoms with Gasteiger partial charge in [-0.05, 0) is 92.7 Å². The average molecular weight is 446 g/mol. The van der Waals surface area contributed by atoms with Gasteiger partial charge in [-0.25, -0.2) is 4.39 Å². The van der Waals surface area contributed by atoms with E-state index in [0.717, 1.165) is 49.2 Å². The maximum Gasteiger partial charge on any atom is 0.226 e. The lowest BCUT2D eigenvalue weighted by Crippen LogP contribution is -2.51. The smallest absolute Gasteiger partial charge is 0.226 e. The van der Waals surface area contributed by atoms with Gasteiger partial charge in [0.15, 0.2) is 0 Å². The number of carbonyl (C=O) groups excluding carboxylic acids is 1. The molecule has 1 N–H and O–H groups in total. The third-order valence-electron chi connectivity index (χ3n) is 6.55. The summed E-state index contributed by atoms with van der Waals surface area (Å²) in [6.45, 7) is 6.59. The Labute approximate surface area is 195 Å². The molecule has 33 heavy (non-hydrogen) atoms. The first-order valence-corrected chi connectivity index (χ1v) is 11.7. The number of rotatable bonds is 7. The van der Waals surface area contributed by atoms with Gasteiger partial charge in [0, 0.05) is 25.0 Å². The molecule has 0 unspecified atom stereocenters. The van der Waals surface area contributed by atoms with Gasteiger partial charge in [-0.2, -0.15) is 0 Å². The van der Waals surface area contributed by atoms with Crippen LogP contribution < -0.4 is 5.32 Å². The lowest BCUT2D eigenvalue weighted by Gasteiger charge is -2.41. The Balaban J connectivity index is 1.58. The van der Waals surface area contributed by atoms with E-state index in [0.29, 0.717) is 6.42 Å². The molecule has 1 aliphatic rings. The van der Waals surface area contributed by atoms with Crippen molar-refractivity contribution in [3.8, 4) is 11.1 Å². The molecule has 0 spiro atoms. The van der Waals surface area contributed by atoms with Crippen molar-refractivity contribution >= 4 is 5.91 Å². The highest BCUT2D eigenvalue weighted by molar-refractivity contribution is 5.84. The van der Waals surface area contributed by atoms with E-state index in [4.69, 9.17) is 0 Å². The summed E-state index contributed by atoms with van der Waals surface area (Å²) in [7, 11) is 0. The second-order valence-electron chi connectivity index (χ2n) is 9.38. The van der Waals surface area contributed by atoms with Crippen LogP contribution in [0.3, 0.4) is 0 Å². The number of benzene rings is 2. The Kier molecular flexibility index (Phi) is 7.19. The quantitative estimate of drug-likeness (QED) is 0.541. The van der Waals surface area contributed by atoms with Crippen molar-refractivity contribution < 1.29 is 9.18 Å². The van der Waals surface area contributed by atoms with Crippen LogP contribution >= 0.6 is 0 Å². The highest BCUT2D eigenvalue weighted by Gasteiger charge is 2.42. The zero-order valence-electron chi connectivity index (χ0n) is 19.4. The molecule has 172 valence electrons. The van der Waals surface area contributed by atoms with E-state index in [1.165, 1.54) is 11.6 Å². The van der Waals surface area contributed by atoms with Crippen molar-refractivity contribution in [2.24, 2.45) is 5.41 Å². The van der Waals surface area contributed by atoms with Gasteiger partial charge in [0.2, 0.25) is 5.91 Å². The third-order valence-corrected chi connectivity index (χ3v) is 6.55. The molecule has 4 nitrogen and oxygen atoms in total. The van der Waals surface area contributed by atoms with Crippen molar-refractivity contribution in [1.29, 1.82) is 0 Å². The molecule has 0 aliphatic carbocycles. The standard InChI is InChI=1S/C28H32FN3O/c1-21(2)31-27(33)28(12-16-32(17-13-28)20-22-10-14-30-15-11-22)19-24-6-3-4-9-26(24)23-7-5-8-25(29)18-23/h3-11,14-15,18,21H,12-13,16-17,19-20H2,1-2H3,(H,31,33). The number of amides is 1. The monoisotopic (exact) mass is 445 g/mol. The van der Waals surface area contributed by atoms with E-state index in [2.05, 4.69) is 21.3 Å². The number of halogens is 1. The van der Waals surface area contributed by atoms with Crippen LogP contribution in [0.2, 0.25) is 0 Å². The maximum absolute atomic E-state index is 13.9. The van der Waals surface area contributed by atoms with E-state index in [9.17, 15) is 9.18 Å². The summed E-state index contributed by atoms with van der Waals surface area (Å²) in [6, 6.07) is 18.9. The van der Waals surface area contributed by atoms with Crippen LogP contribution in [-0.4, -0.2) is 34.9 Å². The molecule has 1 fully saturated rings. The number of nitrogens with zero attached hydrogens (tertiary/aromatic N) is 2. The number of hydrogen-bond donors (Lipinski definition) is 1. The Morgan fingerprint density at radius 2 is 1.79 bits per heavy atom. The Morgan fingerprint density at radius 1 is 1.06 bits per heavy atom.